The first-order valence-corrected chi connectivity index (χ1v) is 11.5. The van der Waals surface area contributed by atoms with Crippen molar-refractivity contribution >= 4 is 22.8 Å². The second-order valence-electron chi connectivity index (χ2n) is 8.87. The Morgan fingerprint density at radius 3 is 2.15 bits per heavy atom. The molecule has 3 aromatic rings. The first kappa shape index (κ1) is 21.6. The number of likely N-dealkylation sites (tertiary alicyclic amines) is 1. The summed E-state index contributed by atoms with van der Waals surface area (Å²) in [6.07, 6.45) is 2.15. The van der Waals surface area contributed by atoms with Crippen LogP contribution in [0.15, 0.2) is 42.5 Å². The maximum atomic E-state index is 13.1. The zero-order chi connectivity index (χ0) is 22.9. The molecule has 2 aliphatic heterocycles. The minimum atomic E-state index is -0.341. The average molecular weight is 450 g/mol. The van der Waals surface area contributed by atoms with Crippen molar-refractivity contribution in [3.05, 3.63) is 65.2 Å². The molecule has 2 amide bonds. The molecule has 0 atom stereocenters. The molecule has 2 aromatic carbocycles. The van der Waals surface area contributed by atoms with Crippen molar-refractivity contribution in [1.82, 2.24) is 24.3 Å². The number of benzene rings is 2. The van der Waals surface area contributed by atoms with Crippen LogP contribution in [0.1, 0.15) is 39.4 Å². The van der Waals surface area contributed by atoms with Crippen molar-refractivity contribution in [2.45, 2.75) is 19.4 Å². The molecule has 5 rings (SSSR count). The number of piperazine rings is 1. The molecule has 33 heavy (non-hydrogen) atoms. The van der Waals surface area contributed by atoms with Crippen molar-refractivity contribution < 1.29 is 14.0 Å². The number of aromatic nitrogens is 2. The van der Waals surface area contributed by atoms with Gasteiger partial charge in [-0.05, 0) is 55.3 Å². The summed E-state index contributed by atoms with van der Waals surface area (Å²) in [4.78, 5) is 36.2. The summed E-state index contributed by atoms with van der Waals surface area (Å²) >= 11 is 0. The summed E-state index contributed by atoms with van der Waals surface area (Å²) in [5.74, 6) is 0.622. The topological polar surface area (TPSA) is 61.7 Å². The molecule has 172 valence electrons. The molecule has 0 saturated carbocycles. The highest BCUT2D eigenvalue weighted by Gasteiger charge is 2.24. The third-order valence-corrected chi connectivity index (χ3v) is 6.73. The molecule has 2 saturated heterocycles. The molecule has 0 N–H and O–H groups in total. The van der Waals surface area contributed by atoms with Crippen molar-refractivity contribution in [2.24, 2.45) is 7.05 Å². The van der Waals surface area contributed by atoms with Crippen molar-refractivity contribution in [3.63, 3.8) is 0 Å². The van der Waals surface area contributed by atoms with Crippen LogP contribution in [0.3, 0.4) is 0 Å². The van der Waals surface area contributed by atoms with Gasteiger partial charge in [-0.3, -0.25) is 14.5 Å². The van der Waals surface area contributed by atoms with Crippen molar-refractivity contribution in [3.8, 4) is 0 Å². The Bertz CT molecular complexity index is 1180. The van der Waals surface area contributed by atoms with Gasteiger partial charge in [-0.2, -0.15) is 0 Å². The van der Waals surface area contributed by atoms with E-state index in [9.17, 15) is 14.0 Å². The fourth-order valence-electron chi connectivity index (χ4n) is 4.71. The number of hydrogen-bond donors (Lipinski definition) is 0. The fourth-order valence-corrected chi connectivity index (χ4v) is 4.71. The number of aryl methyl sites for hydroxylation is 1. The summed E-state index contributed by atoms with van der Waals surface area (Å²) in [6.45, 7) is 5.08. The van der Waals surface area contributed by atoms with Crippen LogP contribution in [0, 0.1) is 5.82 Å². The number of amides is 2. The van der Waals surface area contributed by atoms with Gasteiger partial charge in [0.25, 0.3) is 11.8 Å². The van der Waals surface area contributed by atoms with Gasteiger partial charge in [0.05, 0.1) is 17.6 Å². The third kappa shape index (κ3) is 4.35. The molecule has 1 aromatic heterocycles. The lowest BCUT2D eigenvalue weighted by molar-refractivity contribution is 0.0624. The van der Waals surface area contributed by atoms with E-state index in [-0.39, 0.29) is 17.6 Å². The predicted molar refractivity (Wildman–Crippen MR) is 123 cm³/mol. The first-order chi connectivity index (χ1) is 16.0. The summed E-state index contributed by atoms with van der Waals surface area (Å²) < 4.78 is 15.2. The standard InChI is InChI=1S/C25H28FN5O2/c1-28-22-9-6-19(25(33)30-10-2-3-11-30)16-21(22)27-23(28)17-29-12-14-31(15-13-29)24(32)18-4-7-20(26)8-5-18/h4-9,16H,2-3,10-15,17H2,1H3. The number of halogens is 1. The smallest absolute Gasteiger partial charge is 0.253 e. The number of imidazole rings is 1. The lowest BCUT2D eigenvalue weighted by Crippen LogP contribution is -2.48. The fraction of sp³-hybridized carbons (Fsp3) is 0.400. The van der Waals surface area contributed by atoms with E-state index in [0.29, 0.717) is 30.8 Å². The van der Waals surface area contributed by atoms with Crippen LogP contribution in [-0.2, 0) is 13.6 Å². The molecular weight excluding hydrogens is 421 g/mol. The molecule has 2 aliphatic rings. The van der Waals surface area contributed by atoms with Gasteiger partial charge in [0.15, 0.2) is 0 Å². The second-order valence-corrected chi connectivity index (χ2v) is 8.87. The van der Waals surface area contributed by atoms with Gasteiger partial charge in [-0.15, -0.1) is 0 Å². The third-order valence-electron chi connectivity index (χ3n) is 6.73. The summed E-state index contributed by atoms with van der Waals surface area (Å²) in [5, 5.41) is 0. The van der Waals surface area contributed by atoms with Gasteiger partial charge in [0, 0.05) is 57.4 Å². The molecular formula is C25H28FN5O2. The SMILES string of the molecule is Cn1c(CN2CCN(C(=O)c3ccc(F)cc3)CC2)nc2cc(C(=O)N3CCCC3)ccc21. The van der Waals surface area contributed by atoms with Crippen LogP contribution < -0.4 is 0 Å². The van der Waals surface area contributed by atoms with Gasteiger partial charge < -0.3 is 14.4 Å². The molecule has 7 nitrogen and oxygen atoms in total. The van der Waals surface area contributed by atoms with Crippen LogP contribution in [0.2, 0.25) is 0 Å². The summed E-state index contributed by atoms with van der Waals surface area (Å²) in [5.41, 5.74) is 3.05. The summed E-state index contributed by atoms with van der Waals surface area (Å²) in [6, 6.07) is 11.5. The number of fused-ring (bicyclic) bond motifs is 1. The molecule has 0 aliphatic carbocycles. The lowest BCUT2D eigenvalue weighted by Gasteiger charge is -2.34. The van der Waals surface area contributed by atoms with Crippen LogP contribution in [0.25, 0.3) is 11.0 Å². The number of nitrogens with zero attached hydrogens (tertiary/aromatic N) is 5. The maximum absolute atomic E-state index is 13.1. The summed E-state index contributed by atoms with van der Waals surface area (Å²) in [7, 11) is 2.00. The molecule has 0 bridgehead atoms. The van der Waals surface area contributed by atoms with Gasteiger partial charge in [0.1, 0.15) is 11.6 Å². The van der Waals surface area contributed by atoms with E-state index in [2.05, 4.69) is 9.47 Å². The minimum Gasteiger partial charge on any atom is -0.339 e. The van der Waals surface area contributed by atoms with E-state index in [1.165, 1.54) is 24.3 Å². The number of rotatable bonds is 4. The zero-order valence-corrected chi connectivity index (χ0v) is 18.8. The Morgan fingerprint density at radius 1 is 0.848 bits per heavy atom. The van der Waals surface area contributed by atoms with Gasteiger partial charge >= 0.3 is 0 Å². The van der Waals surface area contributed by atoms with Crippen LogP contribution in [-0.4, -0.2) is 75.3 Å². The number of carbonyl (C=O) groups excluding carboxylic acids is 2. The van der Waals surface area contributed by atoms with Crippen LogP contribution in [0.5, 0.6) is 0 Å². The largest absolute Gasteiger partial charge is 0.339 e. The Morgan fingerprint density at radius 2 is 1.45 bits per heavy atom. The minimum absolute atomic E-state index is 0.0624. The number of hydrogen-bond acceptors (Lipinski definition) is 4. The van der Waals surface area contributed by atoms with E-state index in [4.69, 9.17) is 4.98 Å². The second kappa shape index (κ2) is 8.94. The first-order valence-electron chi connectivity index (χ1n) is 11.5. The predicted octanol–water partition coefficient (Wildman–Crippen LogP) is 2.91. The van der Waals surface area contributed by atoms with Crippen molar-refractivity contribution in [1.29, 1.82) is 0 Å². The van der Waals surface area contributed by atoms with E-state index in [1.54, 1.807) is 0 Å². The monoisotopic (exact) mass is 449 g/mol. The Kier molecular flexibility index (Phi) is 5.85. The highest BCUT2D eigenvalue weighted by molar-refractivity contribution is 5.97. The molecule has 0 unspecified atom stereocenters. The Labute approximate surface area is 192 Å². The Hall–Kier alpha value is -3.26. The van der Waals surface area contributed by atoms with Gasteiger partial charge in [0.2, 0.25) is 0 Å². The lowest BCUT2D eigenvalue weighted by atomic mass is 10.2. The van der Waals surface area contributed by atoms with Crippen LogP contribution >= 0.6 is 0 Å². The van der Waals surface area contributed by atoms with E-state index in [0.717, 1.165) is 55.9 Å². The Balaban J connectivity index is 1.24. The molecule has 3 heterocycles. The average Bonchev–Trinajstić information content (AvgIpc) is 3.48. The van der Waals surface area contributed by atoms with Crippen LogP contribution in [0.4, 0.5) is 4.39 Å². The van der Waals surface area contributed by atoms with Gasteiger partial charge in [-0.25, -0.2) is 9.37 Å². The van der Waals surface area contributed by atoms with E-state index < -0.39 is 0 Å². The molecule has 2 fully saturated rings. The maximum Gasteiger partial charge on any atom is 0.253 e. The van der Waals surface area contributed by atoms with E-state index >= 15 is 0 Å². The van der Waals surface area contributed by atoms with Gasteiger partial charge in [-0.1, -0.05) is 0 Å². The molecule has 0 radical (unpaired) electrons. The molecule has 0 spiro atoms. The highest BCUT2D eigenvalue weighted by atomic mass is 19.1. The normalized spacial score (nSPS) is 17.2. The molecule has 8 heteroatoms. The zero-order valence-electron chi connectivity index (χ0n) is 18.8. The quantitative estimate of drug-likeness (QED) is 0.615. The van der Waals surface area contributed by atoms with E-state index in [1.807, 2.05) is 35.0 Å². The number of carbonyl (C=O) groups is 2. The highest BCUT2D eigenvalue weighted by Crippen LogP contribution is 2.21. The van der Waals surface area contributed by atoms with Crippen molar-refractivity contribution in [2.75, 3.05) is 39.3 Å².